The molecule has 0 aromatic carbocycles. The summed E-state index contributed by atoms with van der Waals surface area (Å²) in [5.74, 6) is -2.08. The van der Waals surface area contributed by atoms with Crippen molar-refractivity contribution >= 4 is 11.9 Å². The molecular formula is C12H22Na2O4. The first-order valence-corrected chi connectivity index (χ1v) is 5.90. The van der Waals surface area contributed by atoms with Gasteiger partial charge in [0.2, 0.25) is 0 Å². The molecule has 6 heteroatoms. The maximum absolute atomic E-state index is 10.3. The van der Waals surface area contributed by atoms with Crippen LogP contribution in [0, 0.1) is 5.92 Å². The number of carbonyl (C=O) groups excluding carboxylic acids is 2. The van der Waals surface area contributed by atoms with Gasteiger partial charge in [-0.15, -0.1) is 0 Å². The second-order valence-corrected chi connectivity index (χ2v) is 3.69. The van der Waals surface area contributed by atoms with Crippen LogP contribution in [0.4, 0.5) is 0 Å². The van der Waals surface area contributed by atoms with Crippen LogP contribution in [0.3, 0.4) is 0 Å². The number of rotatable bonds is 7. The number of hydrogen-bond acceptors (Lipinski definition) is 4. The van der Waals surface area contributed by atoms with Gasteiger partial charge in [-0.05, 0) is 25.2 Å². The van der Waals surface area contributed by atoms with Crippen LogP contribution in [0.25, 0.3) is 0 Å². The molecule has 0 heterocycles. The molecule has 0 saturated carbocycles. The maximum atomic E-state index is 10.3. The van der Waals surface area contributed by atoms with Gasteiger partial charge in [-0.1, -0.05) is 40.0 Å². The van der Waals surface area contributed by atoms with E-state index in [2.05, 4.69) is 6.92 Å². The minimum absolute atomic E-state index is 0. The van der Waals surface area contributed by atoms with Crippen LogP contribution in [0.15, 0.2) is 0 Å². The van der Waals surface area contributed by atoms with Gasteiger partial charge in [0.25, 0.3) is 0 Å². The van der Waals surface area contributed by atoms with Crippen molar-refractivity contribution in [2.24, 2.45) is 5.92 Å². The molecular weight excluding hydrogens is 254 g/mol. The Balaban J connectivity index is -0.000000108. The van der Waals surface area contributed by atoms with Crippen molar-refractivity contribution < 1.29 is 78.9 Å². The molecule has 0 N–H and O–H groups in total. The average Bonchev–Trinajstić information content (AvgIpc) is 2.19. The van der Waals surface area contributed by atoms with Crippen molar-refractivity contribution in [3.8, 4) is 0 Å². The predicted molar refractivity (Wildman–Crippen MR) is 58.2 cm³/mol. The van der Waals surface area contributed by atoms with Crippen molar-refractivity contribution in [2.45, 2.75) is 59.3 Å². The zero-order chi connectivity index (χ0) is 13.0. The Bertz CT molecular complexity index is 199. The first-order chi connectivity index (χ1) is 7.49. The summed E-state index contributed by atoms with van der Waals surface area (Å²) in [6, 6.07) is 0. The Morgan fingerprint density at radius 2 is 1.50 bits per heavy atom. The van der Waals surface area contributed by atoms with E-state index in [1.807, 2.05) is 6.92 Å². The van der Waals surface area contributed by atoms with E-state index in [1.165, 1.54) is 0 Å². The average molecular weight is 276 g/mol. The van der Waals surface area contributed by atoms with Crippen LogP contribution in [0.5, 0.6) is 0 Å². The number of carboxylic acids is 2. The van der Waals surface area contributed by atoms with E-state index in [9.17, 15) is 19.8 Å². The van der Waals surface area contributed by atoms with E-state index >= 15 is 0 Å². The van der Waals surface area contributed by atoms with Crippen LogP contribution in [-0.4, -0.2) is 11.9 Å². The fourth-order valence-electron chi connectivity index (χ4n) is 1.14. The van der Waals surface area contributed by atoms with Crippen molar-refractivity contribution in [1.29, 1.82) is 0 Å². The third-order valence-corrected chi connectivity index (χ3v) is 2.19. The molecule has 4 nitrogen and oxygen atoms in total. The Morgan fingerprint density at radius 3 is 1.67 bits per heavy atom. The molecule has 96 valence electrons. The SMILES string of the molecule is CCCC(=O)[O-].CCCCC(CC)C(=O)[O-].[Na+].[Na+]. The van der Waals surface area contributed by atoms with Crippen molar-refractivity contribution in [3.05, 3.63) is 0 Å². The number of carbonyl (C=O) groups is 2. The summed E-state index contributed by atoms with van der Waals surface area (Å²) >= 11 is 0. The summed E-state index contributed by atoms with van der Waals surface area (Å²) in [6.45, 7) is 5.74. The van der Waals surface area contributed by atoms with Gasteiger partial charge in [-0.3, -0.25) is 0 Å². The summed E-state index contributed by atoms with van der Waals surface area (Å²) in [6.07, 6.45) is 4.37. The minimum atomic E-state index is -0.961. The molecule has 18 heavy (non-hydrogen) atoms. The summed E-state index contributed by atoms with van der Waals surface area (Å²) in [4.78, 5) is 19.8. The van der Waals surface area contributed by atoms with Crippen LogP contribution >= 0.6 is 0 Å². The topological polar surface area (TPSA) is 80.3 Å². The number of hydrogen-bond donors (Lipinski definition) is 0. The molecule has 1 atom stereocenters. The molecule has 0 aliphatic rings. The normalized spacial score (nSPS) is 9.94. The smallest absolute Gasteiger partial charge is 0.550 e. The fraction of sp³-hybridized carbons (Fsp3) is 0.833. The number of aliphatic carboxylic acids is 2. The molecule has 0 aliphatic carbocycles. The molecule has 0 aromatic rings. The molecule has 0 spiro atoms. The van der Waals surface area contributed by atoms with E-state index in [0.717, 1.165) is 19.3 Å². The summed E-state index contributed by atoms with van der Waals surface area (Å²) < 4.78 is 0. The van der Waals surface area contributed by atoms with E-state index in [4.69, 9.17) is 0 Å². The third-order valence-electron chi connectivity index (χ3n) is 2.19. The molecule has 0 fully saturated rings. The Morgan fingerprint density at radius 1 is 1.00 bits per heavy atom. The van der Waals surface area contributed by atoms with Gasteiger partial charge >= 0.3 is 59.1 Å². The van der Waals surface area contributed by atoms with Crippen LogP contribution in [0.2, 0.25) is 0 Å². The van der Waals surface area contributed by atoms with Gasteiger partial charge in [-0.2, -0.15) is 0 Å². The van der Waals surface area contributed by atoms with Gasteiger partial charge in [0.15, 0.2) is 0 Å². The number of unbranched alkanes of at least 4 members (excludes halogenated alkanes) is 1. The van der Waals surface area contributed by atoms with Gasteiger partial charge < -0.3 is 19.8 Å². The van der Waals surface area contributed by atoms with Gasteiger partial charge in [0.05, 0.1) is 0 Å². The molecule has 0 amide bonds. The van der Waals surface area contributed by atoms with Gasteiger partial charge in [0.1, 0.15) is 0 Å². The molecule has 0 bridgehead atoms. The third kappa shape index (κ3) is 22.1. The van der Waals surface area contributed by atoms with E-state index in [0.29, 0.717) is 12.8 Å². The van der Waals surface area contributed by atoms with E-state index in [1.54, 1.807) is 6.92 Å². The standard InChI is InChI=1S/C8H16O2.C4H8O2.2Na/c1-3-5-6-7(4-2)8(9)10;1-2-3-4(5)6;;/h7H,3-6H2,1-2H3,(H,9,10);2-3H2,1H3,(H,5,6);;/q;;2*+1/p-2. The molecule has 0 rings (SSSR count). The first kappa shape index (κ1) is 27.3. The van der Waals surface area contributed by atoms with Gasteiger partial charge in [-0.25, -0.2) is 0 Å². The summed E-state index contributed by atoms with van der Waals surface area (Å²) in [7, 11) is 0. The van der Waals surface area contributed by atoms with E-state index < -0.39 is 11.9 Å². The summed E-state index contributed by atoms with van der Waals surface area (Å²) in [5, 5.41) is 19.8. The van der Waals surface area contributed by atoms with Crippen LogP contribution in [0.1, 0.15) is 59.3 Å². The maximum Gasteiger partial charge on any atom is 1.00 e. The molecule has 0 aromatic heterocycles. The van der Waals surface area contributed by atoms with Crippen molar-refractivity contribution in [3.63, 3.8) is 0 Å². The Hall–Kier alpha value is 0.940. The summed E-state index contributed by atoms with van der Waals surface area (Å²) in [5.41, 5.74) is 0. The Labute approximate surface area is 154 Å². The second kappa shape index (κ2) is 20.3. The minimum Gasteiger partial charge on any atom is -0.550 e. The van der Waals surface area contributed by atoms with Crippen LogP contribution in [-0.2, 0) is 9.59 Å². The van der Waals surface area contributed by atoms with E-state index in [-0.39, 0.29) is 71.5 Å². The van der Waals surface area contributed by atoms with Crippen LogP contribution < -0.4 is 69.3 Å². The quantitative estimate of drug-likeness (QED) is 0.435. The van der Waals surface area contributed by atoms with Crippen molar-refractivity contribution in [2.75, 3.05) is 0 Å². The van der Waals surface area contributed by atoms with Crippen molar-refractivity contribution in [1.82, 2.24) is 0 Å². The zero-order valence-electron chi connectivity index (χ0n) is 12.5. The number of carboxylic acid groups (broad SMARTS) is 2. The van der Waals surface area contributed by atoms with Gasteiger partial charge in [0, 0.05) is 11.9 Å². The second-order valence-electron chi connectivity index (χ2n) is 3.69. The monoisotopic (exact) mass is 276 g/mol. The largest absolute Gasteiger partial charge is 1.00 e. The molecule has 0 radical (unpaired) electrons. The zero-order valence-corrected chi connectivity index (χ0v) is 16.5. The fourth-order valence-corrected chi connectivity index (χ4v) is 1.14. The first-order valence-electron chi connectivity index (χ1n) is 5.90. The predicted octanol–water partition coefficient (Wildman–Crippen LogP) is -5.50. The molecule has 0 saturated heterocycles. The Kier molecular flexibility index (Phi) is 30.7. The molecule has 0 aliphatic heterocycles. The molecule has 1 unspecified atom stereocenters.